The van der Waals surface area contributed by atoms with Crippen molar-refractivity contribution in [3.8, 4) is 5.75 Å². The maximum absolute atomic E-state index is 12.2. The predicted octanol–water partition coefficient (Wildman–Crippen LogP) is 2.02. The number of rotatable bonds is 8. The Kier molecular flexibility index (Phi) is 7.72. The summed E-state index contributed by atoms with van der Waals surface area (Å²) in [5.41, 5.74) is 1.34. The average Bonchev–Trinajstić information content (AvgIpc) is 2.64. The van der Waals surface area contributed by atoms with Crippen molar-refractivity contribution in [3.63, 3.8) is 0 Å². The van der Waals surface area contributed by atoms with Crippen molar-refractivity contribution in [3.05, 3.63) is 29.8 Å². The largest absolute Gasteiger partial charge is 0.497 e. The third-order valence-electron chi connectivity index (χ3n) is 4.89. The van der Waals surface area contributed by atoms with E-state index in [1.54, 1.807) is 7.11 Å². The molecule has 1 fully saturated rings. The summed E-state index contributed by atoms with van der Waals surface area (Å²) >= 11 is 0. The normalized spacial score (nSPS) is 17.5. The highest BCUT2D eigenvalue weighted by Crippen LogP contribution is 2.13. The smallest absolute Gasteiger partial charge is 0.237 e. The molecule has 0 radical (unpaired) electrons. The van der Waals surface area contributed by atoms with Gasteiger partial charge in [-0.1, -0.05) is 26.0 Å². The number of piperazine rings is 1. The highest BCUT2D eigenvalue weighted by molar-refractivity contribution is 5.81. The molecule has 5 heteroatoms. The summed E-state index contributed by atoms with van der Waals surface area (Å²) in [6, 6.07) is 8.27. The first-order valence-corrected chi connectivity index (χ1v) is 9.36. The van der Waals surface area contributed by atoms with Crippen molar-refractivity contribution >= 4 is 5.91 Å². The summed E-state index contributed by atoms with van der Waals surface area (Å²) in [5.74, 6) is 1.55. The zero-order valence-electron chi connectivity index (χ0n) is 16.1. The van der Waals surface area contributed by atoms with Gasteiger partial charge in [0.05, 0.1) is 13.2 Å². The van der Waals surface area contributed by atoms with Crippen LogP contribution >= 0.6 is 0 Å². The topological polar surface area (TPSA) is 44.8 Å². The second kappa shape index (κ2) is 9.78. The Morgan fingerprint density at radius 3 is 2.32 bits per heavy atom. The number of benzene rings is 1. The van der Waals surface area contributed by atoms with Crippen molar-refractivity contribution < 1.29 is 9.53 Å². The van der Waals surface area contributed by atoms with Gasteiger partial charge in [-0.25, -0.2) is 0 Å². The fourth-order valence-electron chi connectivity index (χ4n) is 3.07. The molecule has 1 aliphatic heterocycles. The quantitative estimate of drug-likeness (QED) is 0.781. The summed E-state index contributed by atoms with van der Waals surface area (Å²) in [5, 5.41) is 3.04. The van der Waals surface area contributed by atoms with Crippen molar-refractivity contribution in [2.45, 2.75) is 33.2 Å². The number of carbonyl (C=O) groups excluding carboxylic acids is 1. The van der Waals surface area contributed by atoms with E-state index >= 15 is 0 Å². The molecule has 1 aromatic carbocycles. The first kappa shape index (κ1) is 19.7. The van der Waals surface area contributed by atoms with Crippen LogP contribution in [0.5, 0.6) is 5.75 Å². The van der Waals surface area contributed by atoms with Gasteiger partial charge in [0.15, 0.2) is 0 Å². The van der Waals surface area contributed by atoms with Gasteiger partial charge in [0.25, 0.3) is 0 Å². The zero-order valence-corrected chi connectivity index (χ0v) is 16.1. The third kappa shape index (κ3) is 6.33. The summed E-state index contributed by atoms with van der Waals surface area (Å²) < 4.78 is 5.20. The van der Waals surface area contributed by atoms with Gasteiger partial charge >= 0.3 is 0 Å². The molecule has 140 valence electrons. The van der Waals surface area contributed by atoms with Gasteiger partial charge in [-0.05, 0) is 37.0 Å². The standard InChI is InChI=1S/C20H33N3O2/c1-16(2)15-21-20(24)17(3)23-13-11-22(12-14-23)10-9-18-5-7-19(25-4)8-6-18/h5-8,16-17H,9-15H2,1-4H3,(H,21,24)/t17-/m1/s1. The van der Waals surface area contributed by atoms with Gasteiger partial charge in [0, 0.05) is 39.3 Å². The van der Waals surface area contributed by atoms with Gasteiger partial charge < -0.3 is 15.0 Å². The Morgan fingerprint density at radius 2 is 1.76 bits per heavy atom. The van der Waals surface area contributed by atoms with Crippen LogP contribution in [0.15, 0.2) is 24.3 Å². The summed E-state index contributed by atoms with van der Waals surface area (Å²) in [6.45, 7) is 12.0. The van der Waals surface area contributed by atoms with Gasteiger partial charge in [0.1, 0.15) is 5.75 Å². The zero-order chi connectivity index (χ0) is 18.2. The number of nitrogens with zero attached hydrogens (tertiary/aromatic N) is 2. The fourth-order valence-corrected chi connectivity index (χ4v) is 3.07. The minimum Gasteiger partial charge on any atom is -0.497 e. The molecule has 1 amide bonds. The van der Waals surface area contributed by atoms with Crippen LogP contribution < -0.4 is 10.1 Å². The first-order valence-electron chi connectivity index (χ1n) is 9.36. The van der Waals surface area contributed by atoms with Gasteiger partial charge in [-0.3, -0.25) is 9.69 Å². The monoisotopic (exact) mass is 347 g/mol. The van der Waals surface area contributed by atoms with Gasteiger partial charge in [-0.2, -0.15) is 0 Å². The molecule has 1 heterocycles. The molecule has 25 heavy (non-hydrogen) atoms. The molecule has 5 nitrogen and oxygen atoms in total. The number of nitrogens with one attached hydrogen (secondary N) is 1. The first-order chi connectivity index (χ1) is 12.0. The van der Waals surface area contributed by atoms with E-state index in [-0.39, 0.29) is 11.9 Å². The van der Waals surface area contributed by atoms with Gasteiger partial charge in [-0.15, -0.1) is 0 Å². The highest BCUT2D eigenvalue weighted by Gasteiger charge is 2.25. The van der Waals surface area contributed by atoms with Crippen LogP contribution in [0.4, 0.5) is 0 Å². The maximum Gasteiger partial charge on any atom is 0.237 e. The SMILES string of the molecule is COc1ccc(CCN2CCN([C@H](C)C(=O)NCC(C)C)CC2)cc1. The van der Waals surface area contributed by atoms with E-state index in [1.807, 2.05) is 19.1 Å². The molecule has 1 saturated heterocycles. The molecule has 0 aromatic heterocycles. The minimum atomic E-state index is -0.0394. The van der Waals surface area contributed by atoms with Crippen LogP contribution in [0.3, 0.4) is 0 Å². The summed E-state index contributed by atoms with van der Waals surface area (Å²) in [4.78, 5) is 17.0. The molecule has 1 aromatic rings. The lowest BCUT2D eigenvalue weighted by Gasteiger charge is -2.37. The third-order valence-corrected chi connectivity index (χ3v) is 4.89. The Balaban J connectivity index is 1.70. The van der Waals surface area contributed by atoms with E-state index in [0.29, 0.717) is 5.92 Å². The molecular formula is C20H33N3O2. The maximum atomic E-state index is 12.2. The van der Waals surface area contributed by atoms with Crippen molar-refractivity contribution in [1.29, 1.82) is 0 Å². The molecule has 0 saturated carbocycles. The van der Waals surface area contributed by atoms with Gasteiger partial charge in [0.2, 0.25) is 5.91 Å². The van der Waals surface area contributed by atoms with E-state index in [4.69, 9.17) is 4.74 Å². The van der Waals surface area contributed by atoms with Crippen molar-refractivity contribution in [2.75, 3.05) is 46.4 Å². The van der Waals surface area contributed by atoms with E-state index < -0.39 is 0 Å². The molecule has 1 aliphatic rings. The lowest BCUT2D eigenvalue weighted by Crippen LogP contribution is -2.54. The number of carbonyl (C=O) groups is 1. The van der Waals surface area contributed by atoms with E-state index in [1.165, 1.54) is 5.56 Å². The van der Waals surface area contributed by atoms with E-state index in [2.05, 4.69) is 41.1 Å². The summed E-state index contributed by atoms with van der Waals surface area (Å²) in [7, 11) is 1.69. The minimum absolute atomic E-state index is 0.0394. The number of methoxy groups -OCH3 is 1. The van der Waals surface area contributed by atoms with Crippen LogP contribution in [-0.2, 0) is 11.2 Å². The second-order valence-corrected chi connectivity index (χ2v) is 7.29. The molecule has 0 bridgehead atoms. The molecular weight excluding hydrogens is 314 g/mol. The van der Waals surface area contributed by atoms with Crippen LogP contribution in [0, 0.1) is 5.92 Å². The number of hydrogen-bond acceptors (Lipinski definition) is 4. The molecule has 0 aliphatic carbocycles. The van der Waals surface area contributed by atoms with Crippen molar-refractivity contribution in [1.82, 2.24) is 15.1 Å². The highest BCUT2D eigenvalue weighted by atomic mass is 16.5. The Labute approximate surface area is 152 Å². The fraction of sp³-hybridized carbons (Fsp3) is 0.650. The summed E-state index contributed by atoms with van der Waals surface area (Å²) in [6.07, 6.45) is 1.05. The number of amides is 1. The predicted molar refractivity (Wildman–Crippen MR) is 102 cm³/mol. The molecule has 0 spiro atoms. The van der Waals surface area contributed by atoms with Crippen LogP contribution in [0.1, 0.15) is 26.3 Å². The molecule has 0 unspecified atom stereocenters. The van der Waals surface area contributed by atoms with Crippen LogP contribution in [-0.4, -0.2) is 68.1 Å². The number of ether oxygens (including phenoxy) is 1. The molecule has 1 N–H and O–H groups in total. The van der Waals surface area contributed by atoms with E-state index in [9.17, 15) is 4.79 Å². The lowest BCUT2D eigenvalue weighted by atomic mass is 10.1. The lowest BCUT2D eigenvalue weighted by molar-refractivity contribution is -0.126. The Hall–Kier alpha value is -1.59. The van der Waals surface area contributed by atoms with E-state index in [0.717, 1.165) is 51.4 Å². The number of hydrogen-bond donors (Lipinski definition) is 1. The average molecular weight is 348 g/mol. The Bertz CT molecular complexity index is 522. The van der Waals surface area contributed by atoms with Crippen molar-refractivity contribution in [2.24, 2.45) is 5.92 Å². The molecule has 1 atom stereocenters. The molecule has 2 rings (SSSR count). The Morgan fingerprint density at radius 1 is 1.12 bits per heavy atom. The second-order valence-electron chi connectivity index (χ2n) is 7.29. The van der Waals surface area contributed by atoms with Crippen LogP contribution in [0.2, 0.25) is 0 Å². The van der Waals surface area contributed by atoms with Crippen LogP contribution in [0.25, 0.3) is 0 Å².